The Morgan fingerprint density at radius 1 is 1.16 bits per heavy atom. The van der Waals surface area contributed by atoms with Crippen LogP contribution in [0.2, 0.25) is 0 Å². The van der Waals surface area contributed by atoms with Crippen LogP contribution in [-0.4, -0.2) is 15.0 Å². The van der Waals surface area contributed by atoms with Crippen LogP contribution in [-0.2, 0) is 12.8 Å². The molecule has 0 fully saturated rings. The van der Waals surface area contributed by atoms with E-state index in [0.717, 1.165) is 40.0 Å². The van der Waals surface area contributed by atoms with E-state index in [1.54, 1.807) is 6.20 Å². The minimum atomic E-state index is 0.760. The Morgan fingerprint density at radius 2 is 1.95 bits per heavy atom. The molecule has 19 heavy (non-hydrogen) atoms. The number of H-pyrrole nitrogens is 1. The number of halogens is 1. The van der Waals surface area contributed by atoms with E-state index in [-0.39, 0.29) is 0 Å². The van der Waals surface area contributed by atoms with Gasteiger partial charge in [0.15, 0.2) is 5.65 Å². The van der Waals surface area contributed by atoms with Gasteiger partial charge in [-0.3, -0.25) is 0 Å². The van der Waals surface area contributed by atoms with Crippen molar-refractivity contribution >= 4 is 32.8 Å². The highest BCUT2D eigenvalue weighted by Gasteiger charge is 2.04. The molecule has 0 unspecified atom stereocenters. The second-order valence-electron chi connectivity index (χ2n) is 4.45. The number of aryl methyl sites for hydroxylation is 2. The van der Waals surface area contributed by atoms with E-state index in [2.05, 4.69) is 30.9 Å². The highest BCUT2D eigenvalue weighted by Crippen LogP contribution is 2.16. The molecule has 4 nitrogen and oxygen atoms in total. The first kappa shape index (κ1) is 12.2. The second-order valence-corrected chi connectivity index (χ2v) is 5.37. The number of rotatable bonds is 3. The molecular formula is C14H13BrN4. The summed E-state index contributed by atoms with van der Waals surface area (Å²) in [7, 11) is 0. The van der Waals surface area contributed by atoms with Crippen molar-refractivity contribution in [3.05, 3.63) is 52.4 Å². The Hall–Kier alpha value is -1.88. The summed E-state index contributed by atoms with van der Waals surface area (Å²) in [5.74, 6) is 0.956. The molecule has 0 aliphatic carbocycles. The number of hydrogen-bond acceptors (Lipinski definition) is 3. The minimum absolute atomic E-state index is 0.760. The van der Waals surface area contributed by atoms with Gasteiger partial charge in [0.1, 0.15) is 5.82 Å². The lowest BCUT2D eigenvalue weighted by Crippen LogP contribution is -1.94. The molecule has 0 aliphatic rings. The number of nitrogens with one attached hydrogen (secondary N) is 1. The lowest BCUT2D eigenvalue weighted by molar-refractivity contribution is 0.889. The molecule has 0 bridgehead atoms. The van der Waals surface area contributed by atoms with Crippen LogP contribution in [0.15, 0.2) is 41.0 Å². The van der Waals surface area contributed by atoms with Gasteiger partial charge in [0.25, 0.3) is 0 Å². The monoisotopic (exact) mass is 316 g/mol. The number of aromatic nitrogens is 3. The fourth-order valence-corrected chi connectivity index (χ4v) is 2.32. The van der Waals surface area contributed by atoms with Crippen LogP contribution >= 0.6 is 15.9 Å². The number of imidazole rings is 1. The Morgan fingerprint density at radius 3 is 2.74 bits per heavy atom. The van der Waals surface area contributed by atoms with E-state index >= 15 is 0 Å². The standard InChI is InChI=1S/C14H13BrN4/c15-10-7-12-14(17-8-10)19-13(18-12)6-3-9-1-4-11(16)5-2-9/h1-2,4-5,7-8H,3,6,16H2,(H,17,18,19). The van der Waals surface area contributed by atoms with Crippen LogP contribution in [0.5, 0.6) is 0 Å². The Labute approximate surface area is 119 Å². The van der Waals surface area contributed by atoms with Gasteiger partial charge in [-0.1, -0.05) is 12.1 Å². The molecule has 3 aromatic rings. The largest absolute Gasteiger partial charge is 0.399 e. The average molecular weight is 317 g/mol. The summed E-state index contributed by atoms with van der Waals surface area (Å²) in [6, 6.07) is 9.93. The summed E-state index contributed by atoms with van der Waals surface area (Å²) in [6.07, 6.45) is 3.55. The number of benzene rings is 1. The number of nitrogens with zero attached hydrogens (tertiary/aromatic N) is 2. The van der Waals surface area contributed by atoms with Crippen molar-refractivity contribution in [1.82, 2.24) is 15.0 Å². The molecule has 3 N–H and O–H groups in total. The van der Waals surface area contributed by atoms with E-state index in [0.29, 0.717) is 0 Å². The topological polar surface area (TPSA) is 67.6 Å². The number of pyridine rings is 1. The molecule has 2 heterocycles. The van der Waals surface area contributed by atoms with Gasteiger partial charge in [0, 0.05) is 22.8 Å². The number of aromatic amines is 1. The Bertz CT molecular complexity index is 703. The Balaban J connectivity index is 1.76. The van der Waals surface area contributed by atoms with E-state index in [1.807, 2.05) is 30.3 Å². The van der Waals surface area contributed by atoms with Gasteiger partial charge in [-0.25, -0.2) is 9.97 Å². The second kappa shape index (κ2) is 5.01. The van der Waals surface area contributed by atoms with Gasteiger partial charge < -0.3 is 10.7 Å². The molecule has 5 heteroatoms. The Kier molecular flexibility index (Phi) is 3.21. The number of nitrogen functional groups attached to an aromatic ring is 1. The van der Waals surface area contributed by atoms with Crippen molar-refractivity contribution in [3.63, 3.8) is 0 Å². The number of fused-ring (bicyclic) bond motifs is 1. The van der Waals surface area contributed by atoms with Crippen molar-refractivity contribution in [3.8, 4) is 0 Å². The maximum Gasteiger partial charge on any atom is 0.177 e. The minimum Gasteiger partial charge on any atom is -0.399 e. The molecule has 1 aromatic carbocycles. The number of anilines is 1. The van der Waals surface area contributed by atoms with E-state index in [4.69, 9.17) is 5.73 Å². The summed E-state index contributed by atoms with van der Waals surface area (Å²) in [6.45, 7) is 0. The summed E-state index contributed by atoms with van der Waals surface area (Å²) in [5, 5.41) is 0. The van der Waals surface area contributed by atoms with Crippen LogP contribution in [0.1, 0.15) is 11.4 Å². The summed E-state index contributed by atoms with van der Waals surface area (Å²) < 4.78 is 0.953. The molecule has 0 amide bonds. The van der Waals surface area contributed by atoms with Crippen molar-refractivity contribution < 1.29 is 0 Å². The normalized spacial score (nSPS) is 11.0. The molecule has 3 rings (SSSR count). The quantitative estimate of drug-likeness (QED) is 0.730. The highest BCUT2D eigenvalue weighted by molar-refractivity contribution is 9.10. The molecule has 0 saturated carbocycles. The summed E-state index contributed by atoms with van der Waals surface area (Å²) in [5.41, 5.74) is 9.43. The first-order valence-corrected chi connectivity index (χ1v) is 6.84. The van der Waals surface area contributed by atoms with Gasteiger partial charge in [0.05, 0.1) is 5.52 Å². The highest BCUT2D eigenvalue weighted by atomic mass is 79.9. The number of hydrogen-bond donors (Lipinski definition) is 2. The SMILES string of the molecule is Nc1ccc(CCc2nc3ncc(Br)cc3[nH]2)cc1. The maximum atomic E-state index is 5.67. The molecule has 96 valence electrons. The predicted molar refractivity (Wildman–Crippen MR) is 79.9 cm³/mol. The third-order valence-corrected chi connectivity index (χ3v) is 3.42. The van der Waals surface area contributed by atoms with E-state index < -0.39 is 0 Å². The lowest BCUT2D eigenvalue weighted by Gasteiger charge is -1.99. The average Bonchev–Trinajstić information content (AvgIpc) is 2.80. The molecule has 0 aliphatic heterocycles. The first-order chi connectivity index (χ1) is 9.20. The van der Waals surface area contributed by atoms with Gasteiger partial charge in [-0.15, -0.1) is 0 Å². The lowest BCUT2D eigenvalue weighted by atomic mass is 10.1. The predicted octanol–water partition coefficient (Wildman–Crippen LogP) is 3.09. The fourth-order valence-electron chi connectivity index (χ4n) is 1.99. The van der Waals surface area contributed by atoms with Gasteiger partial charge >= 0.3 is 0 Å². The molecule has 0 spiro atoms. The van der Waals surface area contributed by atoms with Crippen LogP contribution in [0.4, 0.5) is 5.69 Å². The first-order valence-electron chi connectivity index (χ1n) is 6.05. The van der Waals surface area contributed by atoms with Crippen molar-refractivity contribution in [2.24, 2.45) is 0 Å². The van der Waals surface area contributed by atoms with Crippen LogP contribution in [0.3, 0.4) is 0 Å². The molecule has 0 saturated heterocycles. The molecule has 0 atom stereocenters. The van der Waals surface area contributed by atoms with Gasteiger partial charge in [0.2, 0.25) is 0 Å². The zero-order valence-electron chi connectivity index (χ0n) is 10.2. The van der Waals surface area contributed by atoms with Crippen molar-refractivity contribution in [2.75, 3.05) is 5.73 Å². The smallest absolute Gasteiger partial charge is 0.177 e. The van der Waals surface area contributed by atoms with Crippen LogP contribution < -0.4 is 5.73 Å². The fraction of sp³-hybridized carbons (Fsp3) is 0.143. The zero-order chi connectivity index (χ0) is 13.2. The van der Waals surface area contributed by atoms with E-state index in [9.17, 15) is 0 Å². The molecule has 2 aromatic heterocycles. The van der Waals surface area contributed by atoms with Gasteiger partial charge in [-0.2, -0.15) is 0 Å². The third kappa shape index (κ3) is 2.76. The van der Waals surface area contributed by atoms with E-state index in [1.165, 1.54) is 5.56 Å². The van der Waals surface area contributed by atoms with Crippen molar-refractivity contribution in [2.45, 2.75) is 12.8 Å². The molecular weight excluding hydrogens is 304 g/mol. The number of nitrogens with two attached hydrogens (primary N) is 1. The third-order valence-electron chi connectivity index (χ3n) is 2.98. The summed E-state index contributed by atoms with van der Waals surface area (Å²) >= 11 is 3.40. The van der Waals surface area contributed by atoms with Crippen LogP contribution in [0.25, 0.3) is 11.2 Å². The van der Waals surface area contributed by atoms with Crippen molar-refractivity contribution in [1.29, 1.82) is 0 Å². The maximum absolute atomic E-state index is 5.67. The summed E-state index contributed by atoms with van der Waals surface area (Å²) in [4.78, 5) is 12.0. The molecule has 0 radical (unpaired) electrons. The zero-order valence-corrected chi connectivity index (χ0v) is 11.8. The van der Waals surface area contributed by atoms with Crippen LogP contribution in [0, 0.1) is 0 Å². The van der Waals surface area contributed by atoms with Gasteiger partial charge in [-0.05, 0) is 46.1 Å².